The maximum Gasteiger partial charge on any atom is 0.157 e. The SMILES string of the molecule is CC(CO)[C@H]1CC[C@H]2C3=CC=C4C[C@@H](OC5CCCCO5)C[C@H](OC5CCCCO5)[C@]4(C)[C@H]3CC[C@]12C. The van der Waals surface area contributed by atoms with Crippen molar-refractivity contribution in [1.82, 2.24) is 0 Å². The van der Waals surface area contributed by atoms with E-state index in [1.807, 2.05) is 0 Å². The van der Waals surface area contributed by atoms with Crippen LogP contribution in [-0.2, 0) is 18.9 Å². The van der Waals surface area contributed by atoms with E-state index in [2.05, 4.69) is 32.9 Å². The lowest BCUT2D eigenvalue weighted by atomic mass is 9.49. The Balaban J connectivity index is 1.29. The van der Waals surface area contributed by atoms with Crippen LogP contribution in [0.3, 0.4) is 0 Å². The van der Waals surface area contributed by atoms with E-state index in [4.69, 9.17) is 18.9 Å². The zero-order chi connectivity index (χ0) is 25.6. The van der Waals surface area contributed by atoms with Gasteiger partial charge in [-0.2, -0.15) is 0 Å². The van der Waals surface area contributed by atoms with Crippen molar-refractivity contribution >= 4 is 0 Å². The third-order valence-electron chi connectivity index (χ3n) is 11.6. The first kappa shape index (κ1) is 26.5. The van der Waals surface area contributed by atoms with E-state index >= 15 is 0 Å². The lowest BCUT2D eigenvalue weighted by Crippen LogP contribution is -2.55. The minimum Gasteiger partial charge on any atom is -0.396 e. The molecule has 0 aromatic rings. The number of fused-ring (bicyclic) bond motifs is 5. The second kappa shape index (κ2) is 10.7. The van der Waals surface area contributed by atoms with Gasteiger partial charge in [-0.25, -0.2) is 0 Å². The minimum atomic E-state index is -0.0917. The standard InChI is InChI=1S/C32H50O5/c1-21(20-33)25-12-13-26-24-11-10-22-18-23(36-29-8-4-6-16-34-29)19-28(37-30-9-5-7-17-35-30)32(22,3)27(24)14-15-31(25,26)2/h10-11,21,23,25-30,33H,4-9,12-20H2,1-3H3/t21?,23-,25-,26+,27+,28+,29?,30?,31-,32+/m1/s1. The first-order valence-electron chi connectivity index (χ1n) is 15.5. The molecule has 208 valence electrons. The van der Waals surface area contributed by atoms with Gasteiger partial charge in [-0.05, 0) is 99.7 Å². The molecule has 0 bridgehead atoms. The number of aliphatic hydroxyl groups is 1. The summed E-state index contributed by atoms with van der Waals surface area (Å²) in [4.78, 5) is 0. The van der Waals surface area contributed by atoms with E-state index in [1.54, 1.807) is 5.57 Å². The van der Waals surface area contributed by atoms with Gasteiger partial charge in [0.25, 0.3) is 0 Å². The molecule has 5 fully saturated rings. The summed E-state index contributed by atoms with van der Waals surface area (Å²) in [7, 11) is 0. The van der Waals surface area contributed by atoms with Crippen LogP contribution in [0.1, 0.15) is 97.8 Å². The highest BCUT2D eigenvalue weighted by atomic mass is 16.7. The average molecular weight is 515 g/mol. The maximum atomic E-state index is 9.99. The molecule has 1 N–H and O–H groups in total. The van der Waals surface area contributed by atoms with Crippen molar-refractivity contribution in [3.63, 3.8) is 0 Å². The highest BCUT2D eigenvalue weighted by Gasteiger charge is 2.59. The third kappa shape index (κ3) is 4.69. The van der Waals surface area contributed by atoms with Crippen LogP contribution in [0.4, 0.5) is 0 Å². The highest BCUT2D eigenvalue weighted by molar-refractivity contribution is 5.40. The second-order valence-corrected chi connectivity index (χ2v) is 13.5. The molecule has 5 heteroatoms. The summed E-state index contributed by atoms with van der Waals surface area (Å²) in [5.74, 6) is 2.14. The highest BCUT2D eigenvalue weighted by Crippen LogP contribution is 2.66. The van der Waals surface area contributed by atoms with Gasteiger partial charge in [-0.3, -0.25) is 0 Å². The Hall–Kier alpha value is -0.720. The molecule has 10 atom stereocenters. The van der Waals surface area contributed by atoms with Crippen LogP contribution in [0, 0.1) is 34.5 Å². The summed E-state index contributed by atoms with van der Waals surface area (Å²) < 4.78 is 25.6. The van der Waals surface area contributed by atoms with Crippen LogP contribution >= 0.6 is 0 Å². The molecule has 3 unspecified atom stereocenters. The van der Waals surface area contributed by atoms with Crippen molar-refractivity contribution in [2.75, 3.05) is 19.8 Å². The van der Waals surface area contributed by atoms with Gasteiger partial charge < -0.3 is 24.1 Å². The molecular weight excluding hydrogens is 464 g/mol. The first-order chi connectivity index (χ1) is 17.9. The van der Waals surface area contributed by atoms with Gasteiger partial charge in [0.05, 0.1) is 12.2 Å². The lowest BCUT2D eigenvalue weighted by molar-refractivity contribution is -0.242. The quantitative estimate of drug-likeness (QED) is 0.436. The smallest absolute Gasteiger partial charge is 0.157 e. The molecule has 0 aromatic heterocycles. The van der Waals surface area contributed by atoms with Gasteiger partial charge in [-0.15, -0.1) is 0 Å². The number of aliphatic hydroxyl groups excluding tert-OH is 1. The van der Waals surface area contributed by atoms with Crippen LogP contribution in [0.5, 0.6) is 0 Å². The molecule has 0 spiro atoms. The van der Waals surface area contributed by atoms with Crippen molar-refractivity contribution in [1.29, 1.82) is 0 Å². The van der Waals surface area contributed by atoms with Gasteiger partial charge in [-0.1, -0.05) is 44.1 Å². The van der Waals surface area contributed by atoms with Crippen LogP contribution in [0.2, 0.25) is 0 Å². The van der Waals surface area contributed by atoms with Crippen LogP contribution in [-0.4, -0.2) is 49.7 Å². The van der Waals surface area contributed by atoms with Crippen molar-refractivity contribution in [2.45, 2.75) is 123 Å². The van der Waals surface area contributed by atoms with Crippen molar-refractivity contribution in [2.24, 2.45) is 34.5 Å². The number of ether oxygens (including phenoxy) is 4. The molecule has 0 aromatic carbocycles. The summed E-state index contributed by atoms with van der Waals surface area (Å²) in [5, 5.41) is 9.99. The van der Waals surface area contributed by atoms with Crippen LogP contribution in [0.25, 0.3) is 0 Å². The molecule has 2 aliphatic heterocycles. The number of allylic oxidation sites excluding steroid dienone is 3. The zero-order valence-electron chi connectivity index (χ0n) is 23.5. The fourth-order valence-corrected chi connectivity index (χ4v) is 9.44. The molecule has 4 aliphatic carbocycles. The Morgan fingerprint density at radius 2 is 1.65 bits per heavy atom. The summed E-state index contributed by atoms with van der Waals surface area (Å²) in [6, 6.07) is 0. The topological polar surface area (TPSA) is 57.2 Å². The first-order valence-corrected chi connectivity index (χ1v) is 15.5. The van der Waals surface area contributed by atoms with Crippen molar-refractivity contribution in [3.05, 3.63) is 23.3 Å². The Kier molecular flexibility index (Phi) is 7.66. The average Bonchev–Trinajstić information content (AvgIpc) is 3.27. The van der Waals surface area contributed by atoms with Gasteiger partial charge in [0.15, 0.2) is 12.6 Å². The van der Waals surface area contributed by atoms with E-state index in [9.17, 15) is 5.11 Å². The van der Waals surface area contributed by atoms with E-state index in [0.29, 0.717) is 35.7 Å². The summed E-state index contributed by atoms with van der Waals surface area (Å²) >= 11 is 0. The molecule has 2 heterocycles. The molecule has 3 saturated carbocycles. The molecular formula is C32H50O5. The normalized spacial score (nSPS) is 46.8. The molecule has 0 amide bonds. The van der Waals surface area contributed by atoms with Crippen molar-refractivity contribution < 1.29 is 24.1 Å². The Bertz CT molecular complexity index is 870. The van der Waals surface area contributed by atoms with E-state index in [1.165, 1.54) is 44.1 Å². The third-order valence-corrected chi connectivity index (χ3v) is 11.6. The van der Waals surface area contributed by atoms with Crippen LogP contribution < -0.4 is 0 Å². The predicted molar refractivity (Wildman–Crippen MR) is 144 cm³/mol. The molecule has 6 rings (SSSR count). The Morgan fingerprint density at radius 3 is 2.32 bits per heavy atom. The molecule has 5 nitrogen and oxygen atoms in total. The fraction of sp³-hybridized carbons (Fsp3) is 0.875. The Morgan fingerprint density at radius 1 is 0.919 bits per heavy atom. The zero-order valence-corrected chi connectivity index (χ0v) is 23.5. The van der Waals surface area contributed by atoms with Gasteiger partial charge in [0, 0.05) is 31.7 Å². The Labute approximate surface area is 224 Å². The summed E-state index contributed by atoms with van der Waals surface area (Å²) in [6.07, 6.45) is 18.6. The monoisotopic (exact) mass is 514 g/mol. The minimum absolute atomic E-state index is 0.0137. The molecule has 6 aliphatic rings. The number of rotatable bonds is 6. The lowest BCUT2D eigenvalue weighted by Gasteiger charge is -2.58. The second-order valence-electron chi connectivity index (χ2n) is 13.5. The van der Waals surface area contributed by atoms with E-state index in [0.717, 1.165) is 51.7 Å². The molecule has 37 heavy (non-hydrogen) atoms. The number of hydrogen-bond acceptors (Lipinski definition) is 5. The summed E-state index contributed by atoms with van der Waals surface area (Å²) in [6.45, 7) is 9.22. The number of hydrogen-bond donors (Lipinski definition) is 1. The van der Waals surface area contributed by atoms with E-state index in [-0.39, 0.29) is 30.2 Å². The summed E-state index contributed by atoms with van der Waals surface area (Å²) in [5.41, 5.74) is 3.46. The predicted octanol–water partition coefficient (Wildman–Crippen LogP) is 6.55. The fourth-order valence-electron chi connectivity index (χ4n) is 9.44. The van der Waals surface area contributed by atoms with Gasteiger partial charge >= 0.3 is 0 Å². The molecule has 0 radical (unpaired) electrons. The van der Waals surface area contributed by atoms with Crippen molar-refractivity contribution in [3.8, 4) is 0 Å². The molecule has 2 saturated heterocycles. The van der Waals surface area contributed by atoms with Crippen LogP contribution in [0.15, 0.2) is 23.3 Å². The van der Waals surface area contributed by atoms with Gasteiger partial charge in [0.2, 0.25) is 0 Å². The maximum absolute atomic E-state index is 9.99. The van der Waals surface area contributed by atoms with Gasteiger partial charge in [0.1, 0.15) is 0 Å². The largest absolute Gasteiger partial charge is 0.396 e. The van der Waals surface area contributed by atoms with E-state index < -0.39 is 0 Å².